The van der Waals surface area contributed by atoms with Crippen molar-refractivity contribution in [2.24, 2.45) is 0 Å². The molecule has 6 heteroatoms. The van der Waals surface area contributed by atoms with Crippen molar-refractivity contribution < 1.29 is 9.13 Å². The number of nitrogen functional groups attached to an aromatic ring is 1. The number of hydrogen-bond acceptors (Lipinski definition) is 5. The summed E-state index contributed by atoms with van der Waals surface area (Å²) in [7, 11) is 1.53. The van der Waals surface area contributed by atoms with Gasteiger partial charge < -0.3 is 15.8 Å². The van der Waals surface area contributed by atoms with Gasteiger partial charge in [0.1, 0.15) is 29.0 Å². The van der Waals surface area contributed by atoms with Crippen LogP contribution in [-0.4, -0.2) is 17.1 Å². The fraction of sp³-hybridized carbons (Fsp3) is 0.333. The lowest BCUT2D eigenvalue weighted by molar-refractivity contribution is 0.414. The lowest BCUT2D eigenvalue weighted by Gasteiger charge is -2.13. The second kappa shape index (κ2) is 6.39. The highest BCUT2D eigenvalue weighted by molar-refractivity contribution is 5.65. The number of nitrogens with one attached hydrogen (secondary N) is 1. The molecule has 0 aliphatic carbocycles. The normalized spacial score (nSPS) is 10.5. The molecule has 0 unspecified atom stereocenters. The molecule has 0 fully saturated rings. The average Bonchev–Trinajstić information content (AvgIpc) is 2.46. The van der Waals surface area contributed by atoms with Gasteiger partial charge in [-0.25, -0.2) is 14.4 Å². The minimum atomic E-state index is -0.385. The minimum Gasteiger partial charge on any atom is -0.497 e. The second-order valence-corrected chi connectivity index (χ2v) is 4.72. The van der Waals surface area contributed by atoms with Crippen LogP contribution in [0.3, 0.4) is 0 Å². The van der Waals surface area contributed by atoms with Gasteiger partial charge in [-0.2, -0.15) is 0 Å². The summed E-state index contributed by atoms with van der Waals surface area (Å²) in [5, 5.41) is 2.97. The van der Waals surface area contributed by atoms with Gasteiger partial charge in [0.25, 0.3) is 0 Å². The third kappa shape index (κ3) is 3.39. The number of aromatic nitrogens is 2. The van der Waals surface area contributed by atoms with Crippen molar-refractivity contribution in [2.75, 3.05) is 18.2 Å². The number of methoxy groups -OCH3 is 1. The average molecular weight is 290 g/mol. The summed E-state index contributed by atoms with van der Waals surface area (Å²) in [6.07, 6.45) is 1.63. The Morgan fingerprint density at radius 3 is 2.76 bits per heavy atom. The van der Waals surface area contributed by atoms with Crippen LogP contribution in [0.4, 0.5) is 21.7 Å². The lowest BCUT2D eigenvalue weighted by atomic mass is 10.2. The first kappa shape index (κ1) is 15.0. The molecule has 1 aromatic heterocycles. The van der Waals surface area contributed by atoms with E-state index in [1.165, 1.54) is 13.2 Å². The molecule has 3 N–H and O–H groups in total. The predicted molar refractivity (Wildman–Crippen MR) is 81.4 cm³/mol. The monoisotopic (exact) mass is 290 g/mol. The first-order valence-electron chi connectivity index (χ1n) is 6.78. The zero-order chi connectivity index (χ0) is 15.4. The van der Waals surface area contributed by atoms with Crippen LogP contribution < -0.4 is 15.8 Å². The zero-order valence-electron chi connectivity index (χ0n) is 12.4. The van der Waals surface area contributed by atoms with E-state index < -0.39 is 0 Å². The van der Waals surface area contributed by atoms with Crippen LogP contribution in [0.5, 0.6) is 5.75 Å². The molecule has 0 saturated heterocycles. The summed E-state index contributed by atoms with van der Waals surface area (Å²) >= 11 is 0. The Labute approximate surface area is 123 Å². The van der Waals surface area contributed by atoms with E-state index in [2.05, 4.69) is 15.3 Å². The van der Waals surface area contributed by atoms with E-state index in [-0.39, 0.29) is 11.5 Å². The number of nitrogens with zero attached hydrogens (tertiary/aromatic N) is 2. The molecule has 0 saturated carbocycles. The molecule has 21 heavy (non-hydrogen) atoms. The van der Waals surface area contributed by atoms with Gasteiger partial charge in [-0.3, -0.25) is 0 Å². The highest BCUT2D eigenvalue weighted by atomic mass is 19.1. The number of aryl methyl sites for hydroxylation is 1. The number of hydrogen-bond donors (Lipinski definition) is 2. The molecule has 5 nitrogen and oxygen atoms in total. The molecule has 0 aliphatic heterocycles. The van der Waals surface area contributed by atoms with Crippen molar-refractivity contribution in [3.63, 3.8) is 0 Å². The van der Waals surface area contributed by atoms with E-state index in [0.29, 0.717) is 28.8 Å². The molecular formula is C15H19FN4O. The summed E-state index contributed by atoms with van der Waals surface area (Å²) in [5.41, 5.74) is 6.87. The summed E-state index contributed by atoms with van der Waals surface area (Å²) < 4.78 is 19.0. The third-order valence-electron chi connectivity index (χ3n) is 3.13. The molecule has 112 valence electrons. The highest BCUT2D eigenvalue weighted by Gasteiger charge is 2.11. The Hall–Kier alpha value is -2.37. The molecule has 0 atom stereocenters. The van der Waals surface area contributed by atoms with Crippen molar-refractivity contribution in [3.8, 4) is 5.75 Å². The molecular weight excluding hydrogens is 271 g/mol. The Bertz CT molecular complexity index is 646. The first-order chi connectivity index (χ1) is 10.0. The molecule has 1 aromatic carbocycles. The Morgan fingerprint density at radius 1 is 1.33 bits per heavy atom. The molecule has 0 aliphatic rings. The molecule has 0 radical (unpaired) electrons. The Kier molecular flexibility index (Phi) is 4.57. The quantitative estimate of drug-likeness (QED) is 0.884. The minimum absolute atomic E-state index is 0.290. The summed E-state index contributed by atoms with van der Waals surface area (Å²) in [6, 6.07) is 4.48. The van der Waals surface area contributed by atoms with E-state index >= 15 is 0 Å². The van der Waals surface area contributed by atoms with Gasteiger partial charge in [-0.15, -0.1) is 0 Å². The maximum Gasteiger partial charge on any atom is 0.146 e. The van der Waals surface area contributed by atoms with Gasteiger partial charge in [-0.1, -0.05) is 6.92 Å². The first-order valence-corrected chi connectivity index (χ1v) is 6.78. The zero-order valence-corrected chi connectivity index (χ0v) is 12.4. The van der Waals surface area contributed by atoms with Crippen LogP contribution in [0.15, 0.2) is 18.2 Å². The second-order valence-electron chi connectivity index (χ2n) is 4.72. The van der Waals surface area contributed by atoms with Crippen LogP contribution in [-0.2, 0) is 6.42 Å². The molecule has 2 aromatic rings. The van der Waals surface area contributed by atoms with Crippen LogP contribution >= 0.6 is 0 Å². The summed E-state index contributed by atoms with van der Waals surface area (Å²) in [5.74, 6) is 1.74. The van der Waals surface area contributed by atoms with Gasteiger partial charge in [-0.05, 0) is 25.5 Å². The largest absolute Gasteiger partial charge is 0.497 e. The van der Waals surface area contributed by atoms with E-state index in [1.54, 1.807) is 19.1 Å². The number of benzene rings is 1. The smallest absolute Gasteiger partial charge is 0.146 e. The SMILES string of the molecule is CCCc1nc(N)c(C)c(Nc2cc(OC)ccc2F)n1. The fourth-order valence-electron chi connectivity index (χ4n) is 1.89. The third-order valence-corrected chi connectivity index (χ3v) is 3.13. The maximum atomic E-state index is 13.9. The highest BCUT2D eigenvalue weighted by Crippen LogP contribution is 2.27. The van der Waals surface area contributed by atoms with Gasteiger partial charge in [0, 0.05) is 18.1 Å². The van der Waals surface area contributed by atoms with Crippen LogP contribution in [0.1, 0.15) is 24.7 Å². The van der Waals surface area contributed by atoms with E-state index in [1.807, 2.05) is 6.92 Å². The fourth-order valence-corrected chi connectivity index (χ4v) is 1.89. The maximum absolute atomic E-state index is 13.9. The lowest BCUT2D eigenvalue weighted by Crippen LogP contribution is -2.07. The topological polar surface area (TPSA) is 73.1 Å². The number of anilines is 3. The van der Waals surface area contributed by atoms with E-state index in [9.17, 15) is 4.39 Å². The van der Waals surface area contributed by atoms with Gasteiger partial charge in [0.05, 0.1) is 12.8 Å². The van der Waals surface area contributed by atoms with Crippen molar-refractivity contribution in [1.82, 2.24) is 9.97 Å². The van der Waals surface area contributed by atoms with Gasteiger partial charge >= 0.3 is 0 Å². The molecule has 2 rings (SSSR count). The number of nitrogens with two attached hydrogens (primary N) is 1. The molecule has 1 heterocycles. The van der Waals surface area contributed by atoms with Crippen molar-refractivity contribution in [2.45, 2.75) is 26.7 Å². The van der Waals surface area contributed by atoms with Crippen LogP contribution in [0.2, 0.25) is 0 Å². The Balaban J connectivity index is 2.38. The van der Waals surface area contributed by atoms with Crippen molar-refractivity contribution in [1.29, 1.82) is 0 Å². The van der Waals surface area contributed by atoms with Crippen molar-refractivity contribution >= 4 is 17.3 Å². The van der Waals surface area contributed by atoms with Crippen LogP contribution in [0, 0.1) is 12.7 Å². The van der Waals surface area contributed by atoms with E-state index in [0.717, 1.165) is 12.8 Å². The van der Waals surface area contributed by atoms with E-state index in [4.69, 9.17) is 10.5 Å². The summed E-state index contributed by atoms with van der Waals surface area (Å²) in [6.45, 7) is 3.83. The van der Waals surface area contributed by atoms with Crippen LogP contribution in [0.25, 0.3) is 0 Å². The van der Waals surface area contributed by atoms with Gasteiger partial charge in [0.2, 0.25) is 0 Å². The molecule has 0 spiro atoms. The summed E-state index contributed by atoms with van der Waals surface area (Å²) in [4.78, 5) is 8.63. The van der Waals surface area contributed by atoms with Crippen molar-refractivity contribution in [3.05, 3.63) is 35.4 Å². The Morgan fingerprint density at radius 2 is 2.10 bits per heavy atom. The van der Waals surface area contributed by atoms with Gasteiger partial charge in [0.15, 0.2) is 0 Å². The number of rotatable bonds is 5. The predicted octanol–water partition coefficient (Wildman–Crippen LogP) is 3.21. The number of halogens is 1. The molecule has 0 amide bonds. The number of ether oxygens (including phenoxy) is 1. The molecule has 0 bridgehead atoms. The standard InChI is InChI=1S/C15H19FN4O/c1-4-5-13-19-14(17)9(2)15(20-13)18-12-8-10(21-3)6-7-11(12)16/h6-8H,4-5H2,1-3H3,(H3,17,18,19,20).